The van der Waals surface area contributed by atoms with E-state index in [4.69, 9.17) is 37.0 Å². The quantitative estimate of drug-likeness (QED) is 0.0169. The molecule has 0 fully saturated rings. The standard InChI is InChI=1S/C81H126O17P2/c1-5-9-13-17-21-25-29-33-37-41-45-49-53-57-61-65-78(83)91-71-76(97-80(85)67-63-59-55-51-47-43-39-35-31-27-23-19-15-11-7-3)73-95-99(87,88)93-69-75(82)70-94-100(89,90)96-74-77(98-81(86)68-64-60-56-52-48-44-40-36-32-28-24-20-16-12-8-4)72-92-79(84)66-62-58-54-50-46-42-38-34-30-26-22-18-14-10-6-2/h9-11,13-15,21-23,25-27,33-40,45-47,49-51,57-59,61-63,75-77,82H,5-8,12,16-20,24,28-32,41-44,48,52-56,60,64-74H2,1-4H3,(H,87,88)(H,89,90)/b13-9-,14-10-,15-11-,25-21-,26-22-,27-23-,37-33-,38-34-,39-35-,40-36-,49-45-,50-46-,51-47-,61-57-,62-58-,63-59-. The Hall–Kier alpha value is -6.10. The van der Waals surface area contributed by atoms with E-state index in [0.717, 1.165) is 116 Å². The van der Waals surface area contributed by atoms with Crippen LogP contribution in [-0.2, 0) is 65.4 Å². The zero-order valence-corrected chi connectivity index (χ0v) is 62.8. The normalized spacial score (nSPS) is 15.1. The summed E-state index contributed by atoms with van der Waals surface area (Å²) in [5.41, 5.74) is 0. The third kappa shape index (κ3) is 70.3. The Morgan fingerprint density at radius 2 is 0.560 bits per heavy atom. The molecule has 0 saturated carbocycles. The number of esters is 4. The summed E-state index contributed by atoms with van der Waals surface area (Å²) in [7, 11) is -10.0. The van der Waals surface area contributed by atoms with Gasteiger partial charge in [0.25, 0.3) is 0 Å². The molecule has 0 aliphatic heterocycles. The molecule has 19 heteroatoms. The van der Waals surface area contributed by atoms with E-state index in [-0.39, 0.29) is 25.7 Å². The maximum Gasteiger partial charge on any atom is 0.472 e. The number of phosphoric ester groups is 2. The Balaban J connectivity index is 5.59. The summed E-state index contributed by atoms with van der Waals surface area (Å²) >= 11 is 0. The molecule has 0 aromatic heterocycles. The van der Waals surface area contributed by atoms with Gasteiger partial charge in [0.05, 0.1) is 45.7 Å². The number of allylic oxidation sites excluding steroid dienone is 29. The van der Waals surface area contributed by atoms with E-state index in [0.29, 0.717) is 25.7 Å². The SMILES string of the molecule is CC/C=C\C/C=C\C/C=C\C/C=C\C/C=C\CC(=O)OCC(COP(=O)(O)OCC(O)COP(=O)(O)OCC(COC(=O)C/C=C\C/C=C\C/C=C\C/C=C\C/C=C\CC)OC(=O)CCCCCCC/C=C\CCCCCCCC)OC(=O)C/C=C\C/C=C\C/C=C\C/C=C\C/C=C\CC. The highest BCUT2D eigenvalue weighted by Gasteiger charge is 2.30. The number of hydrogen-bond acceptors (Lipinski definition) is 15. The molecule has 3 N–H and O–H groups in total. The predicted molar refractivity (Wildman–Crippen MR) is 408 cm³/mol. The fourth-order valence-corrected chi connectivity index (χ4v) is 10.2. The van der Waals surface area contributed by atoms with E-state index >= 15 is 0 Å². The van der Waals surface area contributed by atoms with Crippen molar-refractivity contribution >= 4 is 39.5 Å². The molecule has 5 atom stereocenters. The largest absolute Gasteiger partial charge is 0.472 e. The Kier molecular flexibility index (Phi) is 67.0. The van der Waals surface area contributed by atoms with Gasteiger partial charge in [0, 0.05) is 6.42 Å². The van der Waals surface area contributed by atoms with Gasteiger partial charge in [-0.1, -0.05) is 273 Å². The molecule has 0 amide bonds. The molecule has 100 heavy (non-hydrogen) atoms. The highest BCUT2D eigenvalue weighted by Crippen LogP contribution is 2.45. The molecule has 0 spiro atoms. The first-order chi connectivity index (χ1) is 48.7. The Morgan fingerprint density at radius 1 is 0.300 bits per heavy atom. The lowest BCUT2D eigenvalue weighted by molar-refractivity contribution is -0.160. The molecule has 0 radical (unpaired) electrons. The van der Waals surface area contributed by atoms with Gasteiger partial charge < -0.3 is 33.8 Å². The first-order valence-electron chi connectivity index (χ1n) is 36.7. The number of aliphatic hydroxyl groups is 1. The van der Waals surface area contributed by atoms with Crippen molar-refractivity contribution in [2.45, 2.75) is 251 Å². The minimum Gasteiger partial charge on any atom is -0.461 e. The van der Waals surface area contributed by atoms with Gasteiger partial charge in [0.2, 0.25) is 0 Å². The molecule has 0 aromatic rings. The molecule has 0 aliphatic rings. The van der Waals surface area contributed by atoms with Gasteiger partial charge in [-0.3, -0.25) is 37.3 Å². The van der Waals surface area contributed by atoms with E-state index in [9.17, 15) is 43.2 Å². The number of unbranched alkanes of at least 4 members (excludes halogenated alkanes) is 11. The van der Waals surface area contributed by atoms with Crippen LogP contribution in [0.25, 0.3) is 0 Å². The fourth-order valence-electron chi connectivity index (χ4n) is 8.67. The minimum absolute atomic E-state index is 0.0536. The molecule has 17 nitrogen and oxygen atoms in total. The molecule has 0 aromatic carbocycles. The van der Waals surface area contributed by atoms with Gasteiger partial charge in [0.1, 0.15) is 19.3 Å². The zero-order chi connectivity index (χ0) is 73.2. The Labute approximate surface area is 602 Å². The van der Waals surface area contributed by atoms with Crippen LogP contribution in [0.1, 0.15) is 233 Å². The van der Waals surface area contributed by atoms with Crippen molar-refractivity contribution in [3.63, 3.8) is 0 Å². The third-order valence-corrected chi connectivity index (χ3v) is 16.0. The van der Waals surface area contributed by atoms with Crippen LogP contribution in [0.4, 0.5) is 0 Å². The van der Waals surface area contributed by atoms with Crippen LogP contribution < -0.4 is 0 Å². The average molecular weight is 1430 g/mol. The highest BCUT2D eigenvalue weighted by atomic mass is 31.2. The highest BCUT2D eigenvalue weighted by molar-refractivity contribution is 7.47. The van der Waals surface area contributed by atoms with Crippen LogP contribution in [0.3, 0.4) is 0 Å². The maximum absolute atomic E-state index is 13.1. The van der Waals surface area contributed by atoms with Gasteiger partial charge in [0.15, 0.2) is 12.2 Å². The molecule has 562 valence electrons. The lowest BCUT2D eigenvalue weighted by atomic mass is 10.1. The lowest BCUT2D eigenvalue weighted by Crippen LogP contribution is -2.30. The topological polar surface area (TPSA) is 237 Å². The number of hydrogen-bond donors (Lipinski definition) is 3. The van der Waals surface area contributed by atoms with Crippen LogP contribution in [0.2, 0.25) is 0 Å². The van der Waals surface area contributed by atoms with Crippen molar-refractivity contribution in [2.75, 3.05) is 39.6 Å². The Bertz CT molecular complexity index is 2670. The summed E-state index contributed by atoms with van der Waals surface area (Å²) < 4.78 is 68.0. The molecule has 0 heterocycles. The van der Waals surface area contributed by atoms with Crippen molar-refractivity contribution < 1.29 is 80.2 Å². The van der Waals surface area contributed by atoms with E-state index in [2.05, 4.69) is 149 Å². The van der Waals surface area contributed by atoms with E-state index in [1.165, 1.54) is 38.5 Å². The van der Waals surface area contributed by atoms with Crippen molar-refractivity contribution in [1.82, 2.24) is 0 Å². The summed E-state index contributed by atoms with van der Waals surface area (Å²) in [4.78, 5) is 72.6. The van der Waals surface area contributed by atoms with Crippen molar-refractivity contribution in [1.29, 1.82) is 0 Å². The number of carbonyl (C=O) groups is 4. The summed E-state index contributed by atoms with van der Waals surface area (Å²) in [6, 6.07) is 0. The summed E-state index contributed by atoms with van der Waals surface area (Å²) in [5.74, 6) is -2.66. The second-order valence-corrected chi connectivity index (χ2v) is 26.3. The number of rotatable bonds is 66. The smallest absolute Gasteiger partial charge is 0.461 e. The minimum atomic E-state index is -5.03. The number of aliphatic hydroxyl groups excluding tert-OH is 1. The van der Waals surface area contributed by atoms with E-state index in [1.54, 1.807) is 30.4 Å². The average Bonchev–Trinajstić information content (AvgIpc) is 1.01. The van der Waals surface area contributed by atoms with Gasteiger partial charge in [-0.2, -0.15) is 0 Å². The third-order valence-electron chi connectivity index (χ3n) is 14.1. The summed E-state index contributed by atoms with van der Waals surface area (Å²) in [5, 5.41) is 10.6. The van der Waals surface area contributed by atoms with E-state index in [1.807, 2.05) is 42.5 Å². The molecule has 5 unspecified atom stereocenters. The van der Waals surface area contributed by atoms with Crippen LogP contribution in [-0.4, -0.2) is 96.7 Å². The van der Waals surface area contributed by atoms with Crippen LogP contribution in [0.5, 0.6) is 0 Å². The van der Waals surface area contributed by atoms with Gasteiger partial charge in [-0.25, -0.2) is 9.13 Å². The first-order valence-corrected chi connectivity index (χ1v) is 39.7. The molecule has 0 bridgehead atoms. The monoisotopic (exact) mass is 1430 g/mol. The zero-order valence-electron chi connectivity index (χ0n) is 61.0. The predicted octanol–water partition coefficient (Wildman–Crippen LogP) is 21.0. The number of phosphoric acid groups is 2. The van der Waals surface area contributed by atoms with Crippen LogP contribution >= 0.6 is 15.6 Å². The molecular weight excluding hydrogens is 1310 g/mol. The molecular formula is C81H126O17P2. The van der Waals surface area contributed by atoms with Gasteiger partial charge >= 0.3 is 39.5 Å². The fraction of sp³-hybridized carbons (Fsp3) is 0.556. The first kappa shape index (κ1) is 93.9. The Morgan fingerprint density at radius 3 is 0.880 bits per heavy atom. The van der Waals surface area contributed by atoms with Crippen LogP contribution in [0, 0.1) is 0 Å². The molecule has 0 saturated heterocycles. The number of ether oxygens (including phenoxy) is 4. The maximum atomic E-state index is 13.1. The van der Waals surface area contributed by atoms with E-state index < -0.39 is 97.5 Å². The summed E-state index contributed by atoms with van der Waals surface area (Å²) in [6.07, 6.45) is 86.7. The lowest BCUT2D eigenvalue weighted by Gasteiger charge is -2.21. The second kappa shape index (κ2) is 71.3. The van der Waals surface area contributed by atoms with Gasteiger partial charge in [-0.15, -0.1) is 0 Å². The van der Waals surface area contributed by atoms with Crippen LogP contribution in [0.15, 0.2) is 194 Å². The molecule has 0 aliphatic carbocycles. The van der Waals surface area contributed by atoms with Crippen molar-refractivity contribution in [3.05, 3.63) is 194 Å². The second-order valence-electron chi connectivity index (χ2n) is 23.4. The van der Waals surface area contributed by atoms with Crippen molar-refractivity contribution in [3.8, 4) is 0 Å². The van der Waals surface area contributed by atoms with Gasteiger partial charge in [-0.05, 0) is 128 Å². The molecule has 0 rings (SSSR count). The summed E-state index contributed by atoms with van der Waals surface area (Å²) in [6.45, 7) is 4.11. The number of carbonyl (C=O) groups excluding carboxylic acids is 4. The van der Waals surface area contributed by atoms with Crippen molar-refractivity contribution in [2.24, 2.45) is 0 Å².